The molecule has 0 heterocycles. The first-order valence-corrected chi connectivity index (χ1v) is 6.88. The van der Waals surface area contributed by atoms with Gasteiger partial charge in [-0.2, -0.15) is 13.2 Å². The molecule has 114 valence electrons. The van der Waals surface area contributed by atoms with Gasteiger partial charge in [-0.15, -0.1) is 0 Å². The van der Waals surface area contributed by atoms with E-state index in [4.69, 9.17) is 16.3 Å². The average molecular weight is 310 g/mol. The van der Waals surface area contributed by atoms with Gasteiger partial charge in [0.2, 0.25) is 0 Å². The molecule has 1 aromatic rings. The van der Waals surface area contributed by atoms with Crippen LogP contribution in [0.4, 0.5) is 13.2 Å². The molecule has 1 rings (SSSR count). The van der Waals surface area contributed by atoms with E-state index in [-0.39, 0.29) is 6.42 Å². The molecule has 2 nitrogen and oxygen atoms in total. The third kappa shape index (κ3) is 5.59. The van der Waals surface area contributed by atoms with Crippen molar-refractivity contribution in [3.63, 3.8) is 0 Å². The second-order valence-electron chi connectivity index (χ2n) is 4.55. The summed E-state index contributed by atoms with van der Waals surface area (Å²) in [5.74, 6) is 0.508. The molecule has 0 fully saturated rings. The first-order chi connectivity index (χ1) is 9.37. The highest BCUT2D eigenvalue weighted by atomic mass is 35.5. The molecule has 0 aliphatic rings. The van der Waals surface area contributed by atoms with E-state index in [1.54, 1.807) is 18.2 Å². The summed E-state index contributed by atoms with van der Waals surface area (Å²) in [6, 6.07) is 4.59. The van der Waals surface area contributed by atoms with Crippen LogP contribution >= 0.6 is 11.6 Å². The molecule has 0 saturated carbocycles. The molecular formula is C14H19ClF3NO. The molecular weight excluding hydrogens is 291 g/mol. The van der Waals surface area contributed by atoms with Crippen LogP contribution in [0.1, 0.15) is 37.8 Å². The fourth-order valence-corrected chi connectivity index (χ4v) is 2.13. The van der Waals surface area contributed by atoms with E-state index in [0.717, 1.165) is 6.42 Å². The van der Waals surface area contributed by atoms with E-state index in [0.29, 0.717) is 22.9 Å². The minimum Gasteiger partial charge on any atom is -0.496 e. The fraction of sp³-hybridized carbons (Fsp3) is 0.571. The van der Waals surface area contributed by atoms with Gasteiger partial charge in [-0.05, 0) is 31.5 Å². The van der Waals surface area contributed by atoms with Gasteiger partial charge in [0.25, 0.3) is 0 Å². The van der Waals surface area contributed by atoms with Crippen LogP contribution in [0.15, 0.2) is 18.2 Å². The van der Waals surface area contributed by atoms with E-state index in [1.807, 2.05) is 6.92 Å². The summed E-state index contributed by atoms with van der Waals surface area (Å²) in [4.78, 5) is 0. The van der Waals surface area contributed by atoms with Gasteiger partial charge >= 0.3 is 6.18 Å². The van der Waals surface area contributed by atoms with Crippen molar-refractivity contribution in [2.75, 3.05) is 13.7 Å². The number of methoxy groups -OCH3 is 1. The van der Waals surface area contributed by atoms with Crippen LogP contribution in [-0.4, -0.2) is 19.8 Å². The highest BCUT2D eigenvalue weighted by Gasteiger charge is 2.29. The number of alkyl halides is 3. The molecule has 6 heteroatoms. The number of benzene rings is 1. The Morgan fingerprint density at radius 2 is 2.05 bits per heavy atom. The van der Waals surface area contributed by atoms with E-state index in [9.17, 15) is 13.2 Å². The number of hydrogen-bond acceptors (Lipinski definition) is 2. The zero-order valence-electron chi connectivity index (χ0n) is 11.6. The van der Waals surface area contributed by atoms with Crippen molar-refractivity contribution in [2.24, 2.45) is 0 Å². The van der Waals surface area contributed by atoms with E-state index in [2.05, 4.69) is 5.32 Å². The molecule has 20 heavy (non-hydrogen) atoms. The summed E-state index contributed by atoms with van der Waals surface area (Å²) in [7, 11) is 1.48. The molecule has 1 atom stereocenters. The van der Waals surface area contributed by atoms with Crippen molar-refractivity contribution in [1.82, 2.24) is 5.32 Å². The van der Waals surface area contributed by atoms with Crippen LogP contribution in [0.3, 0.4) is 0 Å². The normalized spacial score (nSPS) is 13.3. The first kappa shape index (κ1) is 17.1. The minimum atomic E-state index is -4.16. The summed E-state index contributed by atoms with van der Waals surface area (Å²) in [6.45, 7) is 2.61. The SMILES string of the molecule is CCCNC(CCC(F)(F)F)c1ccc(Cl)cc1OC. The monoisotopic (exact) mass is 309 g/mol. The Bertz CT molecular complexity index is 423. The lowest BCUT2D eigenvalue weighted by Crippen LogP contribution is -2.24. The van der Waals surface area contributed by atoms with Gasteiger partial charge < -0.3 is 10.1 Å². The van der Waals surface area contributed by atoms with Crippen LogP contribution in [0.5, 0.6) is 5.75 Å². The molecule has 0 aliphatic carbocycles. The van der Waals surface area contributed by atoms with Crippen LogP contribution in [0.2, 0.25) is 5.02 Å². The van der Waals surface area contributed by atoms with Gasteiger partial charge in [-0.3, -0.25) is 0 Å². The highest BCUT2D eigenvalue weighted by molar-refractivity contribution is 6.30. The Morgan fingerprint density at radius 3 is 2.60 bits per heavy atom. The summed E-state index contributed by atoms with van der Waals surface area (Å²) in [5, 5.41) is 3.63. The molecule has 0 aromatic heterocycles. The van der Waals surface area contributed by atoms with Crippen LogP contribution in [0.25, 0.3) is 0 Å². The molecule has 1 unspecified atom stereocenters. The standard InChI is InChI=1S/C14H19ClF3NO/c1-3-8-19-12(6-7-14(16,17)18)11-5-4-10(15)9-13(11)20-2/h4-5,9,12,19H,3,6-8H2,1-2H3. The van der Waals surface area contributed by atoms with Gasteiger partial charge in [-0.25, -0.2) is 0 Å². The van der Waals surface area contributed by atoms with Crippen LogP contribution in [0, 0.1) is 0 Å². The number of halogens is 4. The molecule has 0 amide bonds. The third-order valence-electron chi connectivity index (χ3n) is 2.93. The second kappa shape index (κ2) is 7.74. The van der Waals surface area contributed by atoms with Gasteiger partial charge in [0, 0.05) is 23.0 Å². The Hall–Kier alpha value is -0.940. The predicted molar refractivity (Wildman–Crippen MR) is 74.3 cm³/mol. The number of hydrogen-bond donors (Lipinski definition) is 1. The molecule has 0 spiro atoms. The summed E-state index contributed by atoms with van der Waals surface area (Å²) in [5.41, 5.74) is 0.703. The number of nitrogens with one attached hydrogen (secondary N) is 1. The van der Waals surface area contributed by atoms with Crippen molar-refractivity contribution in [3.05, 3.63) is 28.8 Å². The van der Waals surface area contributed by atoms with E-state index < -0.39 is 18.6 Å². The average Bonchev–Trinajstić information content (AvgIpc) is 2.38. The first-order valence-electron chi connectivity index (χ1n) is 6.51. The zero-order valence-corrected chi connectivity index (χ0v) is 12.3. The molecule has 1 aromatic carbocycles. The maximum absolute atomic E-state index is 12.4. The molecule has 1 N–H and O–H groups in total. The second-order valence-corrected chi connectivity index (χ2v) is 4.98. The summed E-state index contributed by atoms with van der Waals surface area (Å²) in [6.07, 6.45) is -4.17. The lowest BCUT2D eigenvalue weighted by molar-refractivity contribution is -0.136. The third-order valence-corrected chi connectivity index (χ3v) is 3.16. The van der Waals surface area contributed by atoms with Gasteiger partial charge in [0.1, 0.15) is 5.75 Å². The summed E-state index contributed by atoms with van der Waals surface area (Å²) < 4.78 is 42.5. The maximum Gasteiger partial charge on any atom is 0.389 e. The van der Waals surface area contributed by atoms with Crippen molar-refractivity contribution in [3.8, 4) is 5.75 Å². The van der Waals surface area contributed by atoms with Gasteiger partial charge in [0.15, 0.2) is 0 Å². The quantitative estimate of drug-likeness (QED) is 0.786. The topological polar surface area (TPSA) is 21.3 Å². The van der Waals surface area contributed by atoms with Crippen molar-refractivity contribution in [2.45, 2.75) is 38.4 Å². The zero-order chi connectivity index (χ0) is 15.2. The molecule has 0 radical (unpaired) electrons. The maximum atomic E-state index is 12.4. The van der Waals surface area contributed by atoms with Crippen molar-refractivity contribution < 1.29 is 17.9 Å². The molecule has 0 aliphatic heterocycles. The Labute approximate surface area is 122 Å². The van der Waals surface area contributed by atoms with Crippen LogP contribution in [-0.2, 0) is 0 Å². The van der Waals surface area contributed by atoms with Crippen LogP contribution < -0.4 is 10.1 Å². The number of ether oxygens (including phenoxy) is 1. The van der Waals surface area contributed by atoms with Gasteiger partial charge in [0.05, 0.1) is 7.11 Å². The smallest absolute Gasteiger partial charge is 0.389 e. The Kier molecular flexibility index (Phi) is 6.62. The minimum absolute atomic E-state index is 0.0263. The predicted octanol–water partition coefficient (Wildman–Crippen LogP) is 4.73. The van der Waals surface area contributed by atoms with E-state index >= 15 is 0 Å². The highest BCUT2D eigenvalue weighted by Crippen LogP contribution is 2.33. The molecule has 0 bridgehead atoms. The van der Waals surface area contributed by atoms with Crippen molar-refractivity contribution >= 4 is 11.6 Å². The molecule has 0 saturated heterocycles. The summed E-state index contributed by atoms with van der Waals surface area (Å²) >= 11 is 5.87. The fourth-order valence-electron chi connectivity index (χ4n) is 1.97. The lowest BCUT2D eigenvalue weighted by Gasteiger charge is -2.22. The Balaban J connectivity index is 2.91. The van der Waals surface area contributed by atoms with Gasteiger partial charge in [-0.1, -0.05) is 24.6 Å². The lowest BCUT2D eigenvalue weighted by atomic mass is 10.0. The number of rotatable bonds is 7. The van der Waals surface area contributed by atoms with E-state index in [1.165, 1.54) is 7.11 Å². The Morgan fingerprint density at radius 1 is 1.35 bits per heavy atom. The van der Waals surface area contributed by atoms with Crippen molar-refractivity contribution in [1.29, 1.82) is 0 Å². The largest absolute Gasteiger partial charge is 0.496 e.